The molecule has 6 heteroatoms. The molecule has 0 saturated heterocycles. The van der Waals surface area contributed by atoms with Crippen LogP contribution in [0.2, 0.25) is 0 Å². The second-order valence-corrected chi connectivity index (χ2v) is 5.79. The average molecular weight is 296 g/mol. The maximum atomic E-state index is 11.8. The van der Waals surface area contributed by atoms with E-state index in [1.807, 2.05) is 6.92 Å². The Morgan fingerprint density at radius 1 is 1.19 bits per heavy atom. The Morgan fingerprint density at radius 2 is 1.86 bits per heavy atom. The Morgan fingerprint density at radius 3 is 2.48 bits per heavy atom. The fraction of sp³-hybridized carbons (Fsp3) is 0.733. The molecular formula is C15H28N4O2. The van der Waals surface area contributed by atoms with Crippen LogP contribution in [-0.2, 0) is 6.54 Å². The third-order valence-corrected chi connectivity index (χ3v) is 3.57. The zero-order chi connectivity index (χ0) is 15.8. The molecule has 120 valence electrons. The molecule has 1 heterocycles. The molecule has 0 aliphatic carbocycles. The van der Waals surface area contributed by atoms with Gasteiger partial charge in [-0.1, -0.05) is 39.5 Å². The Balaban J connectivity index is 2.46. The van der Waals surface area contributed by atoms with Crippen molar-refractivity contribution in [1.82, 2.24) is 9.55 Å². The highest BCUT2D eigenvalue weighted by molar-refractivity contribution is 5.60. The van der Waals surface area contributed by atoms with Gasteiger partial charge in [0.15, 0.2) is 0 Å². The number of H-pyrrole nitrogens is 1. The molecule has 0 radical (unpaired) electrons. The summed E-state index contributed by atoms with van der Waals surface area (Å²) in [6, 6.07) is 0. The molecule has 0 spiro atoms. The number of nitrogens with one attached hydrogen (secondary N) is 2. The van der Waals surface area contributed by atoms with Gasteiger partial charge < -0.3 is 11.1 Å². The van der Waals surface area contributed by atoms with Gasteiger partial charge >= 0.3 is 5.69 Å². The van der Waals surface area contributed by atoms with E-state index in [9.17, 15) is 9.59 Å². The van der Waals surface area contributed by atoms with Crippen molar-refractivity contribution >= 4 is 11.5 Å². The predicted molar refractivity (Wildman–Crippen MR) is 87.8 cm³/mol. The summed E-state index contributed by atoms with van der Waals surface area (Å²) in [6.45, 7) is 7.41. The first-order valence-corrected chi connectivity index (χ1v) is 7.83. The summed E-state index contributed by atoms with van der Waals surface area (Å²) in [4.78, 5) is 25.6. The first kappa shape index (κ1) is 17.3. The molecule has 1 rings (SSSR count). The van der Waals surface area contributed by atoms with E-state index in [1.54, 1.807) is 0 Å². The highest BCUT2D eigenvalue weighted by Crippen LogP contribution is 2.12. The Labute approximate surface area is 125 Å². The molecule has 0 aliphatic rings. The van der Waals surface area contributed by atoms with Gasteiger partial charge in [0.25, 0.3) is 5.56 Å². The summed E-state index contributed by atoms with van der Waals surface area (Å²) < 4.78 is 1.35. The van der Waals surface area contributed by atoms with Gasteiger partial charge in [-0.3, -0.25) is 14.3 Å². The van der Waals surface area contributed by atoms with E-state index in [4.69, 9.17) is 5.73 Å². The normalized spacial score (nSPS) is 11.0. The van der Waals surface area contributed by atoms with Crippen LogP contribution >= 0.6 is 0 Å². The van der Waals surface area contributed by atoms with Crippen molar-refractivity contribution in [3.63, 3.8) is 0 Å². The van der Waals surface area contributed by atoms with Gasteiger partial charge in [-0.25, -0.2) is 4.79 Å². The molecule has 1 aromatic heterocycles. The number of nitrogens with zero attached hydrogens (tertiary/aromatic N) is 1. The standard InChI is InChI=1S/C15H28N4O2/c1-4-19-13(16)12(14(20)18-15(19)21)17-10-8-6-5-7-9-11(2)3/h11,17H,4-10,16H2,1-3H3,(H,18,20,21). The minimum Gasteiger partial charge on any atom is -0.383 e. The van der Waals surface area contributed by atoms with Gasteiger partial charge in [-0.15, -0.1) is 0 Å². The third-order valence-electron chi connectivity index (χ3n) is 3.57. The summed E-state index contributed by atoms with van der Waals surface area (Å²) in [5.74, 6) is 0.975. The lowest BCUT2D eigenvalue weighted by atomic mass is 10.0. The summed E-state index contributed by atoms with van der Waals surface area (Å²) in [5, 5.41) is 3.05. The maximum absolute atomic E-state index is 11.8. The van der Waals surface area contributed by atoms with Crippen LogP contribution < -0.4 is 22.3 Å². The van der Waals surface area contributed by atoms with Gasteiger partial charge in [0.1, 0.15) is 11.5 Å². The van der Waals surface area contributed by atoms with E-state index in [2.05, 4.69) is 24.1 Å². The lowest BCUT2D eigenvalue weighted by molar-refractivity contribution is 0.523. The Hall–Kier alpha value is -1.72. The number of aromatic amines is 1. The van der Waals surface area contributed by atoms with Crippen LogP contribution in [0.1, 0.15) is 52.9 Å². The van der Waals surface area contributed by atoms with E-state index in [0.29, 0.717) is 18.8 Å². The van der Waals surface area contributed by atoms with Gasteiger partial charge in [0.05, 0.1) is 0 Å². The number of aromatic nitrogens is 2. The summed E-state index contributed by atoms with van der Waals surface area (Å²) >= 11 is 0. The van der Waals surface area contributed by atoms with Crippen molar-refractivity contribution in [2.75, 3.05) is 17.6 Å². The molecule has 0 amide bonds. The highest BCUT2D eigenvalue weighted by Gasteiger charge is 2.10. The molecule has 0 saturated carbocycles. The van der Waals surface area contributed by atoms with Crippen molar-refractivity contribution in [1.29, 1.82) is 0 Å². The number of hydrogen-bond donors (Lipinski definition) is 3. The molecule has 0 aliphatic heterocycles. The third kappa shape index (κ3) is 5.28. The van der Waals surface area contributed by atoms with Gasteiger partial charge in [-0.2, -0.15) is 0 Å². The van der Waals surface area contributed by atoms with Crippen LogP contribution in [0, 0.1) is 5.92 Å². The second kappa shape index (κ2) is 8.54. The van der Waals surface area contributed by atoms with Gasteiger partial charge in [-0.05, 0) is 19.3 Å². The average Bonchev–Trinajstić information content (AvgIpc) is 2.40. The van der Waals surface area contributed by atoms with Crippen molar-refractivity contribution in [3.8, 4) is 0 Å². The number of nitrogens with two attached hydrogens (primary N) is 1. The maximum Gasteiger partial charge on any atom is 0.330 e. The number of unbranched alkanes of at least 4 members (excludes halogenated alkanes) is 3. The monoisotopic (exact) mass is 296 g/mol. The van der Waals surface area contributed by atoms with Gasteiger partial charge in [0, 0.05) is 13.1 Å². The van der Waals surface area contributed by atoms with Gasteiger partial charge in [0.2, 0.25) is 0 Å². The molecule has 0 aromatic carbocycles. The molecule has 21 heavy (non-hydrogen) atoms. The van der Waals surface area contributed by atoms with Crippen LogP contribution in [-0.4, -0.2) is 16.1 Å². The molecule has 0 bridgehead atoms. The Bertz CT molecular complexity index is 546. The van der Waals surface area contributed by atoms with E-state index >= 15 is 0 Å². The highest BCUT2D eigenvalue weighted by atomic mass is 16.2. The first-order chi connectivity index (χ1) is 9.97. The zero-order valence-corrected chi connectivity index (χ0v) is 13.4. The van der Waals surface area contributed by atoms with E-state index in [0.717, 1.165) is 18.8 Å². The summed E-state index contributed by atoms with van der Waals surface area (Å²) in [5.41, 5.74) is 5.27. The van der Waals surface area contributed by atoms with Crippen LogP contribution in [0.4, 0.5) is 11.5 Å². The molecule has 1 aromatic rings. The van der Waals surface area contributed by atoms with E-state index < -0.39 is 11.2 Å². The summed E-state index contributed by atoms with van der Waals surface area (Å²) in [7, 11) is 0. The SMILES string of the molecule is CCn1c(N)c(NCCCCCCC(C)C)c(=O)[nH]c1=O. The topological polar surface area (TPSA) is 92.9 Å². The first-order valence-electron chi connectivity index (χ1n) is 7.83. The number of anilines is 2. The van der Waals surface area contributed by atoms with Crippen molar-refractivity contribution in [2.45, 2.75) is 59.4 Å². The predicted octanol–water partition coefficient (Wildman–Crippen LogP) is 2.16. The lowest BCUT2D eigenvalue weighted by Crippen LogP contribution is -2.33. The lowest BCUT2D eigenvalue weighted by Gasteiger charge is -2.12. The number of nitrogen functional groups attached to an aromatic ring is 1. The molecule has 0 atom stereocenters. The molecule has 6 nitrogen and oxygen atoms in total. The fourth-order valence-electron chi connectivity index (χ4n) is 2.32. The van der Waals surface area contributed by atoms with E-state index in [1.165, 1.54) is 23.8 Å². The van der Waals surface area contributed by atoms with Crippen molar-refractivity contribution in [2.24, 2.45) is 5.92 Å². The van der Waals surface area contributed by atoms with Crippen molar-refractivity contribution in [3.05, 3.63) is 20.8 Å². The molecule has 0 fully saturated rings. The molecule has 4 N–H and O–H groups in total. The van der Waals surface area contributed by atoms with Crippen LogP contribution in [0.15, 0.2) is 9.59 Å². The molecule has 0 unspecified atom stereocenters. The Kier molecular flexibility index (Phi) is 7.05. The zero-order valence-electron chi connectivity index (χ0n) is 13.4. The van der Waals surface area contributed by atoms with Crippen LogP contribution in [0.25, 0.3) is 0 Å². The minimum absolute atomic E-state index is 0.214. The fourth-order valence-corrected chi connectivity index (χ4v) is 2.32. The van der Waals surface area contributed by atoms with E-state index in [-0.39, 0.29) is 5.82 Å². The van der Waals surface area contributed by atoms with Crippen molar-refractivity contribution < 1.29 is 0 Å². The number of rotatable bonds is 9. The molecular weight excluding hydrogens is 268 g/mol. The quantitative estimate of drug-likeness (QED) is 0.609. The largest absolute Gasteiger partial charge is 0.383 e. The van der Waals surface area contributed by atoms with Crippen LogP contribution in [0.3, 0.4) is 0 Å². The second-order valence-electron chi connectivity index (χ2n) is 5.79. The summed E-state index contributed by atoms with van der Waals surface area (Å²) in [6.07, 6.45) is 5.84. The van der Waals surface area contributed by atoms with Crippen LogP contribution in [0.5, 0.6) is 0 Å². The number of hydrogen-bond acceptors (Lipinski definition) is 4. The minimum atomic E-state index is -0.459. The smallest absolute Gasteiger partial charge is 0.330 e.